The molecule has 0 radical (unpaired) electrons. The smallest absolute Gasteiger partial charge is 0.253 e. The van der Waals surface area contributed by atoms with Gasteiger partial charge >= 0.3 is 0 Å². The summed E-state index contributed by atoms with van der Waals surface area (Å²) in [6.45, 7) is -0.165. The molecule has 1 fully saturated rings. The molecule has 5 atom stereocenters. The third kappa shape index (κ3) is 4.38. The zero-order chi connectivity index (χ0) is 24.7. The zero-order valence-corrected chi connectivity index (χ0v) is 19.6. The molecule has 0 bridgehead atoms. The van der Waals surface area contributed by atoms with Gasteiger partial charge in [0.2, 0.25) is 0 Å². The fourth-order valence-corrected chi connectivity index (χ4v) is 5.29. The Morgan fingerprint density at radius 1 is 1.20 bits per heavy atom. The Morgan fingerprint density at radius 2 is 2.00 bits per heavy atom. The van der Waals surface area contributed by atoms with Crippen molar-refractivity contribution in [2.45, 2.75) is 37.2 Å². The van der Waals surface area contributed by atoms with Gasteiger partial charge in [-0.05, 0) is 24.3 Å². The van der Waals surface area contributed by atoms with E-state index in [1.807, 2.05) is 34.9 Å². The van der Waals surface area contributed by atoms with Gasteiger partial charge in [-0.2, -0.15) is 0 Å². The molecule has 2 aromatic carbocycles. The summed E-state index contributed by atoms with van der Waals surface area (Å²) in [5.74, 6) is 0.0577. The minimum atomic E-state index is -1.61. The van der Waals surface area contributed by atoms with Crippen molar-refractivity contribution in [2.24, 2.45) is 0 Å². The van der Waals surface area contributed by atoms with Crippen molar-refractivity contribution in [3.8, 4) is 5.75 Å². The second kappa shape index (κ2) is 9.53. The van der Waals surface area contributed by atoms with Gasteiger partial charge in [-0.1, -0.05) is 12.1 Å². The van der Waals surface area contributed by atoms with Crippen LogP contribution < -0.4 is 10.1 Å². The van der Waals surface area contributed by atoms with Crippen LogP contribution in [0.1, 0.15) is 15.4 Å². The Hall–Kier alpha value is -3.06. The lowest BCUT2D eigenvalue weighted by atomic mass is 9.96. The number of thiazole rings is 1. The molecule has 1 aliphatic rings. The molecular weight excluding hydrogens is 474 g/mol. The molecule has 11 heteroatoms. The van der Waals surface area contributed by atoms with Gasteiger partial charge < -0.3 is 39.8 Å². The zero-order valence-electron chi connectivity index (χ0n) is 18.7. The molecule has 2 aromatic heterocycles. The van der Waals surface area contributed by atoms with Crippen LogP contribution in [-0.2, 0) is 11.3 Å². The van der Waals surface area contributed by atoms with Crippen molar-refractivity contribution in [3.05, 3.63) is 59.2 Å². The number of methoxy groups -OCH3 is 1. The van der Waals surface area contributed by atoms with Crippen LogP contribution in [0.2, 0.25) is 0 Å². The number of ether oxygens (including phenoxy) is 2. The molecule has 0 saturated carbocycles. The summed E-state index contributed by atoms with van der Waals surface area (Å²) < 4.78 is 13.5. The number of carbonyl (C=O) groups is 1. The summed E-state index contributed by atoms with van der Waals surface area (Å²) in [6, 6.07) is 11.9. The van der Waals surface area contributed by atoms with Gasteiger partial charge in [0.1, 0.15) is 35.1 Å². The summed E-state index contributed by atoms with van der Waals surface area (Å²) in [7, 11) is 1.56. The van der Waals surface area contributed by atoms with Gasteiger partial charge in [-0.3, -0.25) is 4.79 Å². The third-order valence-electron chi connectivity index (χ3n) is 6.18. The molecule has 35 heavy (non-hydrogen) atoms. The van der Waals surface area contributed by atoms with E-state index in [0.29, 0.717) is 23.2 Å². The molecule has 10 nitrogen and oxygen atoms in total. The van der Waals surface area contributed by atoms with Crippen LogP contribution in [0.4, 0.5) is 0 Å². The number of aromatic nitrogens is 2. The van der Waals surface area contributed by atoms with Crippen molar-refractivity contribution in [3.63, 3.8) is 0 Å². The summed E-state index contributed by atoms with van der Waals surface area (Å²) in [4.78, 5) is 17.9. The Morgan fingerprint density at radius 3 is 2.74 bits per heavy atom. The lowest BCUT2D eigenvalue weighted by Crippen LogP contribution is -2.64. The van der Waals surface area contributed by atoms with E-state index < -0.39 is 43.2 Å². The monoisotopic (exact) mass is 499 g/mol. The molecule has 184 valence electrons. The van der Waals surface area contributed by atoms with Gasteiger partial charge in [0.25, 0.3) is 5.91 Å². The van der Waals surface area contributed by atoms with Gasteiger partial charge in [-0.15, -0.1) is 11.3 Å². The molecule has 3 heterocycles. The number of nitrogens with one attached hydrogen (secondary N) is 1. The average molecular weight is 500 g/mol. The van der Waals surface area contributed by atoms with Crippen LogP contribution in [0.15, 0.2) is 48.7 Å². The van der Waals surface area contributed by atoms with E-state index in [1.54, 1.807) is 36.8 Å². The summed E-state index contributed by atoms with van der Waals surface area (Å²) in [6.07, 6.45) is -4.09. The maximum atomic E-state index is 13.3. The maximum absolute atomic E-state index is 13.3. The van der Waals surface area contributed by atoms with E-state index in [1.165, 1.54) is 0 Å². The van der Waals surface area contributed by atoms with Gasteiger partial charge in [-0.25, -0.2) is 4.98 Å². The Bertz CT molecular complexity index is 1340. The standard InChI is InChI=1S/C24H25N3O7S/c1-33-12-6-7-13-14(23(31)26-20-22(30)21(29)17(11-28)34-24(20)32)9-27(16(13)8-12)10-19-25-15-4-2-3-5-18(15)35-19/h2-9,17,20-22,24,28-30,32H,10-11H2,1H3,(H,26,31)/t17-,20-,21-,22?,24?/m1/s1. The highest BCUT2D eigenvalue weighted by Crippen LogP contribution is 2.29. The first-order chi connectivity index (χ1) is 16.9. The topological polar surface area (TPSA) is 146 Å². The lowest BCUT2D eigenvalue weighted by Gasteiger charge is -2.40. The van der Waals surface area contributed by atoms with E-state index in [0.717, 1.165) is 20.7 Å². The summed E-state index contributed by atoms with van der Waals surface area (Å²) >= 11 is 1.57. The number of fused-ring (bicyclic) bond motifs is 2. The molecule has 4 aromatic rings. The quantitative estimate of drug-likeness (QED) is 0.262. The molecule has 1 aliphatic heterocycles. The third-order valence-corrected chi connectivity index (χ3v) is 7.20. The number of hydrogen-bond acceptors (Lipinski definition) is 9. The van der Waals surface area contributed by atoms with Crippen LogP contribution in [-0.4, -0.2) is 80.2 Å². The minimum absolute atomic E-state index is 0.307. The summed E-state index contributed by atoms with van der Waals surface area (Å²) in [5, 5.41) is 44.1. The Balaban J connectivity index is 1.47. The Kier molecular flexibility index (Phi) is 6.45. The fourth-order valence-electron chi connectivity index (χ4n) is 4.33. The van der Waals surface area contributed by atoms with E-state index >= 15 is 0 Å². The van der Waals surface area contributed by atoms with E-state index in [4.69, 9.17) is 9.47 Å². The average Bonchev–Trinajstić information content (AvgIpc) is 3.44. The number of carbonyl (C=O) groups excluding carboxylic acids is 1. The number of rotatable bonds is 6. The van der Waals surface area contributed by atoms with Crippen molar-refractivity contribution in [2.75, 3.05) is 13.7 Å². The van der Waals surface area contributed by atoms with Crippen molar-refractivity contribution in [1.29, 1.82) is 0 Å². The molecule has 1 amide bonds. The molecule has 5 rings (SSSR count). The van der Waals surface area contributed by atoms with Crippen molar-refractivity contribution in [1.82, 2.24) is 14.9 Å². The molecule has 1 saturated heterocycles. The van der Waals surface area contributed by atoms with Gasteiger partial charge in [0.15, 0.2) is 6.29 Å². The second-order valence-electron chi connectivity index (χ2n) is 8.36. The highest BCUT2D eigenvalue weighted by atomic mass is 32.1. The van der Waals surface area contributed by atoms with Crippen LogP contribution in [0.25, 0.3) is 21.1 Å². The predicted molar refractivity (Wildman–Crippen MR) is 128 cm³/mol. The summed E-state index contributed by atoms with van der Waals surface area (Å²) in [5.41, 5.74) is 1.96. The molecule has 0 aliphatic carbocycles. The maximum Gasteiger partial charge on any atom is 0.253 e. The number of amides is 1. The minimum Gasteiger partial charge on any atom is -0.497 e. The van der Waals surface area contributed by atoms with E-state index in [9.17, 15) is 25.2 Å². The molecular formula is C24H25N3O7S. The van der Waals surface area contributed by atoms with Crippen LogP contribution >= 0.6 is 11.3 Å². The molecule has 5 N–H and O–H groups in total. The van der Waals surface area contributed by atoms with E-state index in [-0.39, 0.29) is 0 Å². The number of aliphatic hydroxyl groups excluding tert-OH is 4. The fraction of sp³-hybridized carbons (Fsp3) is 0.333. The number of aliphatic hydroxyl groups is 4. The van der Waals surface area contributed by atoms with Crippen LogP contribution in [0, 0.1) is 0 Å². The van der Waals surface area contributed by atoms with Crippen LogP contribution in [0.5, 0.6) is 5.75 Å². The second-order valence-corrected chi connectivity index (χ2v) is 9.47. The van der Waals surface area contributed by atoms with Crippen molar-refractivity contribution < 1.29 is 34.7 Å². The highest BCUT2D eigenvalue weighted by Gasteiger charge is 2.44. The van der Waals surface area contributed by atoms with Gasteiger partial charge in [0.05, 0.1) is 41.6 Å². The first-order valence-electron chi connectivity index (χ1n) is 11.0. The highest BCUT2D eigenvalue weighted by molar-refractivity contribution is 7.18. The lowest BCUT2D eigenvalue weighted by molar-refractivity contribution is -0.252. The molecule has 2 unspecified atom stereocenters. The number of benzene rings is 2. The Labute approximate surface area is 204 Å². The normalized spacial score (nSPS) is 24.7. The van der Waals surface area contributed by atoms with Crippen LogP contribution in [0.3, 0.4) is 0 Å². The van der Waals surface area contributed by atoms with Gasteiger partial charge in [0, 0.05) is 17.6 Å². The SMILES string of the molecule is COc1ccc2c(C(=O)N[C@H]3C(O)O[C@H](CO)[C@@H](O)C3O)cn(Cc3nc4ccccc4s3)c2c1. The molecule has 0 spiro atoms. The largest absolute Gasteiger partial charge is 0.497 e. The van der Waals surface area contributed by atoms with Crippen molar-refractivity contribution >= 4 is 38.4 Å². The van der Waals surface area contributed by atoms with E-state index in [2.05, 4.69) is 10.3 Å². The first-order valence-corrected chi connectivity index (χ1v) is 11.8. The predicted octanol–water partition coefficient (Wildman–Crippen LogP) is 0.838. The first kappa shape index (κ1) is 23.7. The number of hydrogen-bond donors (Lipinski definition) is 5. The number of nitrogens with zero attached hydrogens (tertiary/aromatic N) is 2. The number of para-hydroxylation sites is 1.